The number of fused-ring (bicyclic) bond motifs is 1. The number of halogens is 2. The predicted molar refractivity (Wildman–Crippen MR) is 149 cm³/mol. The van der Waals surface area contributed by atoms with Gasteiger partial charge in [0.2, 0.25) is 5.82 Å². The smallest absolute Gasteiger partial charge is 0.254 e. The molecule has 2 aliphatic rings. The first kappa shape index (κ1) is 26.7. The van der Waals surface area contributed by atoms with Gasteiger partial charge < -0.3 is 20.7 Å². The van der Waals surface area contributed by atoms with E-state index in [1.54, 1.807) is 16.7 Å². The van der Waals surface area contributed by atoms with E-state index in [1.807, 2.05) is 30.0 Å². The van der Waals surface area contributed by atoms with Crippen LogP contribution in [0.4, 0.5) is 20.3 Å². The van der Waals surface area contributed by atoms with Gasteiger partial charge in [0.1, 0.15) is 6.07 Å². The zero-order chi connectivity index (χ0) is 28.7. The standard InChI is InChI=1S/C30H29F2N7O2/c1-18-14-20(2-3-21(18)29(40)38-11-6-19(15-33)7-12-38)37-27-28-36-16-23(39(28)13-10-35-27)22-4-5-24(26(32)25(22)31)41-30(17-34)8-9-30/h2-5,10,13-14,16,19H,6-9,11-12,15,33H2,1H3,(H,35,37). The maximum Gasteiger partial charge on any atom is 0.254 e. The van der Waals surface area contributed by atoms with E-state index < -0.39 is 17.2 Å². The molecule has 1 amide bonds. The Bertz CT molecular complexity index is 1680. The molecule has 2 aromatic heterocycles. The third-order valence-electron chi connectivity index (χ3n) is 7.92. The fourth-order valence-corrected chi connectivity index (χ4v) is 5.24. The molecule has 9 nitrogen and oxygen atoms in total. The van der Waals surface area contributed by atoms with Crippen molar-refractivity contribution in [3.63, 3.8) is 0 Å². The molecule has 0 atom stereocenters. The number of hydrogen-bond acceptors (Lipinski definition) is 7. The van der Waals surface area contributed by atoms with E-state index in [2.05, 4.69) is 15.3 Å². The molecule has 0 unspecified atom stereocenters. The maximum atomic E-state index is 15.2. The van der Waals surface area contributed by atoms with Crippen molar-refractivity contribution in [3.05, 3.63) is 71.7 Å². The van der Waals surface area contributed by atoms with Gasteiger partial charge in [-0.25, -0.2) is 14.4 Å². The van der Waals surface area contributed by atoms with Crippen LogP contribution in [-0.2, 0) is 0 Å². The normalized spacial score (nSPS) is 16.4. The molecule has 0 radical (unpaired) electrons. The number of hydrogen-bond donors (Lipinski definition) is 2. The number of aryl methyl sites for hydroxylation is 1. The molecule has 1 saturated carbocycles. The summed E-state index contributed by atoms with van der Waals surface area (Å²) in [4.78, 5) is 23.8. The first-order valence-corrected chi connectivity index (χ1v) is 13.6. The van der Waals surface area contributed by atoms with Crippen LogP contribution in [0.5, 0.6) is 5.75 Å². The number of nitrogens with two attached hydrogens (primary N) is 1. The maximum absolute atomic E-state index is 15.2. The van der Waals surface area contributed by atoms with E-state index >= 15 is 4.39 Å². The Kier molecular flexibility index (Phi) is 6.79. The predicted octanol–water partition coefficient (Wildman–Crippen LogP) is 4.97. The van der Waals surface area contributed by atoms with Crippen LogP contribution in [0.25, 0.3) is 16.9 Å². The van der Waals surface area contributed by atoms with Crippen LogP contribution >= 0.6 is 0 Å². The number of carbonyl (C=O) groups excluding carboxylic acids is 1. The van der Waals surface area contributed by atoms with Crippen molar-refractivity contribution < 1.29 is 18.3 Å². The molecule has 3 heterocycles. The fraction of sp³-hybridized carbons (Fsp3) is 0.333. The van der Waals surface area contributed by atoms with E-state index in [9.17, 15) is 14.4 Å². The highest BCUT2D eigenvalue weighted by Gasteiger charge is 2.47. The molecule has 0 spiro atoms. The molecule has 2 fully saturated rings. The Balaban J connectivity index is 1.23. The number of piperidine rings is 1. The lowest BCUT2D eigenvalue weighted by atomic mass is 9.96. The summed E-state index contributed by atoms with van der Waals surface area (Å²) in [5.41, 5.74) is 7.60. The van der Waals surface area contributed by atoms with Crippen LogP contribution in [0, 0.1) is 35.8 Å². The lowest BCUT2D eigenvalue weighted by Crippen LogP contribution is -2.40. The highest BCUT2D eigenvalue weighted by molar-refractivity contribution is 5.96. The number of nitrogens with zero attached hydrogens (tertiary/aromatic N) is 5. The van der Waals surface area contributed by atoms with Crippen LogP contribution in [-0.4, -0.2) is 50.4 Å². The van der Waals surface area contributed by atoms with Crippen molar-refractivity contribution in [1.82, 2.24) is 19.3 Å². The van der Waals surface area contributed by atoms with Gasteiger partial charge >= 0.3 is 0 Å². The Morgan fingerprint density at radius 2 is 1.98 bits per heavy atom. The summed E-state index contributed by atoms with van der Waals surface area (Å²) in [5, 5.41) is 12.5. The number of nitriles is 1. The number of aromatic nitrogens is 3. The Labute approximate surface area is 235 Å². The summed E-state index contributed by atoms with van der Waals surface area (Å²) in [6.45, 7) is 3.95. The number of benzene rings is 2. The van der Waals surface area contributed by atoms with E-state index in [-0.39, 0.29) is 17.2 Å². The number of rotatable bonds is 7. The highest BCUT2D eigenvalue weighted by Crippen LogP contribution is 2.41. The van der Waals surface area contributed by atoms with Gasteiger partial charge in [0, 0.05) is 55.1 Å². The van der Waals surface area contributed by atoms with Gasteiger partial charge in [0.05, 0.1) is 11.9 Å². The van der Waals surface area contributed by atoms with Gasteiger partial charge in [-0.3, -0.25) is 9.20 Å². The third kappa shape index (κ3) is 4.95. The average molecular weight is 558 g/mol. The van der Waals surface area contributed by atoms with Crippen molar-refractivity contribution in [2.45, 2.75) is 38.2 Å². The number of carbonyl (C=O) groups is 1. The number of nitrogens with one attached hydrogen (secondary N) is 1. The summed E-state index contributed by atoms with van der Waals surface area (Å²) in [6.07, 6.45) is 7.38. The molecule has 210 valence electrons. The number of amides is 1. The molecule has 11 heteroatoms. The first-order valence-electron chi connectivity index (χ1n) is 13.6. The minimum atomic E-state index is -1.15. The highest BCUT2D eigenvalue weighted by atomic mass is 19.2. The Hall–Kier alpha value is -4.56. The quantitative estimate of drug-likeness (QED) is 0.329. The molecule has 1 saturated heterocycles. The second-order valence-corrected chi connectivity index (χ2v) is 10.7. The fourth-order valence-electron chi connectivity index (χ4n) is 5.24. The monoisotopic (exact) mass is 557 g/mol. The SMILES string of the molecule is Cc1cc(Nc2nccn3c(-c4ccc(OC5(C#N)CC5)c(F)c4F)cnc23)ccc1C(=O)N1CCC(CN)CC1. The minimum Gasteiger partial charge on any atom is -0.469 e. The summed E-state index contributed by atoms with van der Waals surface area (Å²) < 4.78 is 37.1. The first-order chi connectivity index (χ1) is 19.8. The summed E-state index contributed by atoms with van der Waals surface area (Å²) in [7, 11) is 0. The number of ether oxygens (including phenoxy) is 1. The van der Waals surface area contributed by atoms with Crippen LogP contribution in [0.2, 0.25) is 0 Å². The van der Waals surface area contributed by atoms with Crippen molar-refractivity contribution in [3.8, 4) is 23.1 Å². The Morgan fingerprint density at radius 1 is 1.20 bits per heavy atom. The van der Waals surface area contributed by atoms with Crippen LogP contribution in [0.15, 0.2) is 48.9 Å². The van der Waals surface area contributed by atoms with Gasteiger partial charge in [-0.15, -0.1) is 0 Å². The largest absolute Gasteiger partial charge is 0.469 e. The minimum absolute atomic E-state index is 0.00416. The van der Waals surface area contributed by atoms with Crippen molar-refractivity contribution >= 4 is 23.1 Å². The molecule has 3 N–H and O–H groups in total. The Morgan fingerprint density at radius 3 is 2.66 bits per heavy atom. The summed E-state index contributed by atoms with van der Waals surface area (Å²) in [6, 6.07) is 10.2. The van der Waals surface area contributed by atoms with E-state index in [4.69, 9.17) is 10.5 Å². The van der Waals surface area contributed by atoms with Crippen molar-refractivity contribution in [1.29, 1.82) is 5.26 Å². The summed E-state index contributed by atoms with van der Waals surface area (Å²) in [5.74, 6) is -1.65. The van der Waals surface area contributed by atoms with Gasteiger partial charge in [0.25, 0.3) is 5.91 Å². The zero-order valence-corrected chi connectivity index (χ0v) is 22.5. The molecular formula is C30H29F2N7O2. The average Bonchev–Trinajstić information content (AvgIpc) is 3.64. The van der Waals surface area contributed by atoms with E-state index in [0.717, 1.165) is 18.4 Å². The van der Waals surface area contributed by atoms with Gasteiger partial charge in [-0.05, 0) is 68.1 Å². The molecule has 2 aromatic carbocycles. The zero-order valence-electron chi connectivity index (χ0n) is 22.5. The van der Waals surface area contributed by atoms with Crippen LogP contribution in [0.1, 0.15) is 41.6 Å². The van der Waals surface area contributed by atoms with Gasteiger partial charge in [-0.2, -0.15) is 9.65 Å². The molecular weight excluding hydrogens is 528 g/mol. The lowest BCUT2D eigenvalue weighted by molar-refractivity contribution is 0.0692. The molecule has 6 rings (SSSR count). The van der Waals surface area contributed by atoms with E-state index in [1.165, 1.54) is 24.5 Å². The van der Waals surface area contributed by atoms with Crippen molar-refractivity contribution in [2.75, 3.05) is 25.0 Å². The number of likely N-dealkylation sites (tertiary alicyclic amines) is 1. The van der Waals surface area contributed by atoms with Gasteiger partial charge in [-0.1, -0.05) is 0 Å². The summed E-state index contributed by atoms with van der Waals surface area (Å²) >= 11 is 0. The molecule has 1 aliphatic heterocycles. The number of imidazole rings is 1. The molecule has 1 aliphatic carbocycles. The lowest BCUT2D eigenvalue weighted by Gasteiger charge is -2.31. The topological polar surface area (TPSA) is 122 Å². The molecule has 4 aromatic rings. The molecule has 0 bridgehead atoms. The van der Waals surface area contributed by atoms with Gasteiger partial charge in [0.15, 0.2) is 28.6 Å². The number of anilines is 2. The second-order valence-electron chi connectivity index (χ2n) is 10.7. The third-order valence-corrected chi connectivity index (χ3v) is 7.92. The second kappa shape index (κ2) is 10.4. The van der Waals surface area contributed by atoms with Crippen molar-refractivity contribution in [2.24, 2.45) is 11.7 Å². The van der Waals surface area contributed by atoms with E-state index in [0.29, 0.717) is 66.8 Å². The van der Waals surface area contributed by atoms with Crippen LogP contribution in [0.3, 0.4) is 0 Å². The molecule has 41 heavy (non-hydrogen) atoms. The van der Waals surface area contributed by atoms with Crippen LogP contribution < -0.4 is 15.8 Å².